The molecule has 1 fully saturated rings. The summed E-state index contributed by atoms with van der Waals surface area (Å²) < 4.78 is 1.82. The second kappa shape index (κ2) is 6.48. The van der Waals surface area contributed by atoms with Gasteiger partial charge >= 0.3 is 0 Å². The van der Waals surface area contributed by atoms with Crippen molar-refractivity contribution in [3.63, 3.8) is 0 Å². The number of hydrogen-bond acceptors (Lipinski definition) is 2. The molecule has 2 unspecified atom stereocenters. The molecule has 0 bridgehead atoms. The van der Waals surface area contributed by atoms with Crippen LogP contribution in [0.3, 0.4) is 0 Å². The summed E-state index contributed by atoms with van der Waals surface area (Å²) >= 11 is 6.32. The molecule has 1 saturated carbocycles. The molecule has 1 heterocycles. The molecular formula is C16H27ClN2O. The van der Waals surface area contributed by atoms with E-state index in [-0.39, 0.29) is 0 Å². The minimum absolute atomic E-state index is 0.605. The number of rotatable bonds is 4. The molecule has 20 heavy (non-hydrogen) atoms. The maximum Gasteiger partial charge on any atom is 0.0848 e. The SMILES string of the molecule is CCCC1CCCC(O)(Cc2c(Cl)c(C)nn2C)CC1. The summed E-state index contributed by atoms with van der Waals surface area (Å²) in [6.45, 7) is 4.16. The van der Waals surface area contributed by atoms with Crippen molar-refractivity contribution in [3.8, 4) is 0 Å². The van der Waals surface area contributed by atoms with Crippen LogP contribution >= 0.6 is 11.6 Å². The topological polar surface area (TPSA) is 38.1 Å². The van der Waals surface area contributed by atoms with E-state index < -0.39 is 5.60 Å². The van der Waals surface area contributed by atoms with E-state index in [4.69, 9.17) is 11.6 Å². The lowest BCUT2D eigenvalue weighted by atomic mass is 9.88. The van der Waals surface area contributed by atoms with Crippen molar-refractivity contribution >= 4 is 11.6 Å². The van der Waals surface area contributed by atoms with Crippen LogP contribution in [0.25, 0.3) is 0 Å². The lowest BCUT2D eigenvalue weighted by molar-refractivity contribution is 0.0224. The fourth-order valence-electron chi connectivity index (χ4n) is 3.52. The van der Waals surface area contributed by atoms with Crippen LogP contribution in [0.2, 0.25) is 5.02 Å². The molecule has 0 aromatic carbocycles. The molecule has 4 heteroatoms. The standard InChI is InChI=1S/C16H27ClN2O/c1-4-6-13-7-5-9-16(20,10-8-13)11-14-15(17)12(2)18-19(14)3/h13,20H,4-11H2,1-3H3. The molecule has 1 aliphatic carbocycles. The van der Waals surface area contributed by atoms with E-state index >= 15 is 0 Å². The van der Waals surface area contributed by atoms with Crippen molar-refractivity contribution in [2.45, 2.75) is 70.8 Å². The van der Waals surface area contributed by atoms with E-state index in [9.17, 15) is 5.11 Å². The van der Waals surface area contributed by atoms with Crippen molar-refractivity contribution in [2.75, 3.05) is 0 Å². The molecule has 1 aromatic rings. The lowest BCUT2D eigenvalue weighted by Gasteiger charge is -2.27. The highest BCUT2D eigenvalue weighted by atomic mass is 35.5. The van der Waals surface area contributed by atoms with Gasteiger partial charge in [-0.05, 0) is 32.1 Å². The van der Waals surface area contributed by atoms with Crippen LogP contribution in [0.4, 0.5) is 0 Å². The molecule has 2 rings (SSSR count). The predicted octanol–water partition coefficient (Wildman–Crippen LogP) is 4.04. The Kier molecular flexibility index (Phi) is 5.14. The zero-order valence-corrected chi connectivity index (χ0v) is 13.7. The van der Waals surface area contributed by atoms with Crippen LogP contribution in [0.5, 0.6) is 0 Å². The molecule has 3 nitrogen and oxygen atoms in total. The van der Waals surface area contributed by atoms with Crippen LogP contribution in [0.15, 0.2) is 0 Å². The minimum Gasteiger partial charge on any atom is -0.389 e. The number of aryl methyl sites for hydroxylation is 2. The quantitative estimate of drug-likeness (QED) is 0.852. The molecule has 2 atom stereocenters. The second-order valence-corrected chi connectivity index (χ2v) is 6.83. The van der Waals surface area contributed by atoms with Crippen LogP contribution in [0, 0.1) is 12.8 Å². The maximum atomic E-state index is 10.9. The summed E-state index contributed by atoms with van der Waals surface area (Å²) in [5.74, 6) is 0.790. The Morgan fingerprint density at radius 2 is 2.15 bits per heavy atom. The Balaban J connectivity index is 2.07. The van der Waals surface area contributed by atoms with Gasteiger partial charge in [0.25, 0.3) is 0 Å². The Morgan fingerprint density at radius 3 is 2.75 bits per heavy atom. The normalized spacial score (nSPS) is 27.6. The van der Waals surface area contributed by atoms with Crippen LogP contribution in [-0.4, -0.2) is 20.5 Å². The molecule has 1 aromatic heterocycles. The number of halogens is 1. The summed E-state index contributed by atoms with van der Waals surface area (Å²) in [6.07, 6.45) is 8.45. The average molecular weight is 299 g/mol. The highest BCUT2D eigenvalue weighted by Crippen LogP contribution is 2.36. The molecule has 0 radical (unpaired) electrons. The van der Waals surface area contributed by atoms with E-state index in [1.165, 1.54) is 19.3 Å². The van der Waals surface area contributed by atoms with Gasteiger partial charge in [0.05, 0.1) is 22.0 Å². The van der Waals surface area contributed by atoms with Gasteiger partial charge in [0.1, 0.15) is 0 Å². The van der Waals surface area contributed by atoms with Gasteiger partial charge < -0.3 is 5.11 Å². The van der Waals surface area contributed by atoms with Crippen molar-refractivity contribution < 1.29 is 5.11 Å². The van der Waals surface area contributed by atoms with Crippen molar-refractivity contribution in [1.29, 1.82) is 0 Å². The van der Waals surface area contributed by atoms with E-state index in [1.54, 1.807) is 0 Å². The van der Waals surface area contributed by atoms with Crippen molar-refractivity contribution in [2.24, 2.45) is 13.0 Å². The van der Waals surface area contributed by atoms with Gasteiger partial charge in [-0.15, -0.1) is 0 Å². The fourth-order valence-corrected chi connectivity index (χ4v) is 3.75. The zero-order valence-electron chi connectivity index (χ0n) is 13.0. The third-order valence-corrected chi connectivity index (χ3v) is 5.22. The van der Waals surface area contributed by atoms with Gasteiger partial charge in [0, 0.05) is 13.5 Å². The highest BCUT2D eigenvalue weighted by molar-refractivity contribution is 6.31. The smallest absolute Gasteiger partial charge is 0.0848 e. The summed E-state index contributed by atoms with van der Waals surface area (Å²) in [5.41, 5.74) is 1.22. The monoisotopic (exact) mass is 298 g/mol. The van der Waals surface area contributed by atoms with Crippen LogP contribution in [-0.2, 0) is 13.5 Å². The van der Waals surface area contributed by atoms with Gasteiger partial charge in [-0.25, -0.2) is 0 Å². The highest BCUT2D eigenvalue weighted by Gasteiger charge is 2.32. The molecule has 1 N–H and O–H groups in total. The molecule has 0 saturated heterocycles. The largest absolute Gasteiger partial charge is 0.389 e. The van der Waals surface area contributed by atoms with Crippen molar-refractivity contribution in [3.05, 3.63) is 16.4 Å². The minimum atomic E-state index is -0.605. The first-order valence-electron chi connectivity index (χ1n) is 7.85. The van der Waals surface area contributed by atoms with E-state index in [1.807, 2.05) is 18.7 Å². The summed E-state index contributed by atoms with van der Waals surface area (Å²) in [4.78, 5) is 0. The van der Waals surface area contributed by atoms with Gasteiger partial charge in [-0.3, -0.25) is 4.68 Å². The Labute approximate surface area is 127 Å². The van der Waals surface area contributed by atoms with Gasteiger partial charge in [0.15, 0.2) is 0 Å². The second-order valence-electron chi connectivity index (χ2n) is 6.46. The third kappa shape index (κ3) is 3.56. The van der Waals surface area contributed by atoms with Gasteiger partial charge in [-0.1, -0.05) is 44.2 Å². The van der Waals surface area contributed by atoms with Crippen molar-refractivity contribution in [1.82, 2.24) is 9.78 Å². The summed E-state index contributed by atoms with van der Waals surface area (Å²) in [6, 6.07) is 0. The molecule has 1 aliphatic rings. The number of nitrogens with zero attached hydrogens (tertiary/aromatic N) is 2. The predicted molar refractivity (Wildman–Crippen MR) is 83.1 cm³/mol. The third-order valence-electron chi connectivity index (χ3n) is 4.73. The molecule has 0 amide bonds. The zero-order chi connectivity index (χ0) is 14.8. The molecule has 114 valence electrons. The van der Waals surface area contributed by atoms with Gasteiger partial charge in [0.2, 0.25) is 0 Å². The number of aliphatic hydroxyl groups is 1. The fraction of sp³-hybridized carbons (Fsp3) is 0.812. The summed E-state index contributed by atoms with van der Waals surface area (Å²) in [5, 5.41) is 16.0. The van der Waals surface area contributed by atoms with E-state index in [2.05, 4.69) is 12.0 Å². The van der Waals surface area contributed by atoms with Crippen LogP contribution in [0.1, 0.15) is 63.3 Å². The Bertz CT molecular complexity index is 458. The average Bonchev–Trinajstić information content (AvgIpc) is 2.56. The Morgan fingerprint density at radius 1 is 1.40 bits per heavy atom. The lowest BCUT2D eigenvalue weighted by Crippen LogP contribution is -2.31. The number of aromatic nitrogens is 2. The molecule has 0 spiro atoms. The van der Waals surface area contributed by atoms with E-state index in [0.29, 0.717) is 6.42 Å². The van der Waals surface area contributed by atoms with E-state index in [0.717, 1.165) is 48.0 Å². The molecule has 0 aliphatic heterocycles. The first-order valence-corrected chi connectivity index (χ1v) is 8.23. The van der Waals surface area contributed by atoms with Gasteiger partial charge in [-0.2, -0.15) is 5.10 Å². The first-order chi connectivity index (χ1) is 9.45. The maximum absolute atomic E-state index is 10.9. The van der Waals surface area contributed by atoms with Crippen LogP contribution < -0.4 is 0 Å². The summed E-state index contributed by atoms with van der Waals surface area (Å²) in [7, 11) is 1.91. The molecular weight excluding hydrogens is 272 g/mol. The number of hydrogen-bond donors (Lipinski definition) is 1. The first kappa shape index (κ1) is 15.8. The Hall–Kier alpha value is -0.540.